The summed E-state index contributed by atoms with van der Waals surface area (Å²) >= 11 is -1.85. The van der Waals surface area contributed by atoms with Crippen LogP contribution in [0.15, 0.2) is 23.1 Å². The molecule has 0 aromatic heterocycles. The van der Waals surface area contributed by atoms with Crippen LogP contribution < -0.4 is 0 Å². The predicted octanol–water partition coefficient (Wildman–Crippen LogP) is 2.14. The van der Waals surface area contributed by atoms with E-state index in [1.165, 1.54) is 5.56 Å². The Morgan fingerprint density at radius 2 is 2.17 bits per heavy atom. The lowest BCUT2D eigenvalue weighted by Gasteiger charge is -2.02. The van der Waals surface area contributed by atoms with Crippen LogP contribution in [0, 0.1) is 6.92 Å². The van der Waals surface area contributed by atoms with Crippen molar-refractivity contribution in [1.82, 2.24) is 0 Å². The van der Waals surface area contributed by atoms with Gasteiger partial charge in [0.2, 0.25) is 0 Å². The number of benzene rings is 1. The molecule has 1 rings (SSSR count). The highest BCUT2D eigenvalue weighted by Crippen LogP contribution is 2.14. The summed E-state index contributed by atoms with van der Waals surface area (Å²) in [7, 11) is 0. The molecule has 1 aromatic rings. The molecule has 3 heteroatoms. The van der Waals surface area contributed by atoms with Gasteiger partial charge in [0, 0.05) is 0 Å². The molecule has 2 nitrogen and oxygen atoms in total. The average molecular weight is 184 g/mol. The zero-order valence-corrected chi connectivity index (χ0v) is 8.02. The third-order valence-corrected chi connectivity index (χ3v) is 2.67. The van der Waals surface area contributed by atoms with E-state index in [0.29, 0.717) is 4.90 Å². The molecule has 0 aliphatic rings. The van der Waals surface area contributed by atoms with Gasteiger partial charge < -0.3 is 4.55 Å². The van der Waals surface area contributed by atoms with Gasteiger partial charge in [-0.2, -0.15) is 0 Å². The summed E-state index contributed by atoms with van der Waals surface area (Å²) in [6.45, 7) is 3.91. The minimum Gasteiger partial charge on any atom is -0.302 e. The number of hydrogen-bond acceptors (Lipinski definition) is 1. The topological polar surface area (TPSA) is 37.3 Å². The van der Waals surface area contributed by atoms with Gasteiger partial charge in [0.1, 0.15) is 0 Å². The molecular formula is C9H12O2S. The molecule has 0 saturated heterocycles. The molecule has 0 spiro atoms. The predicted molar refractivity (Wildman–Crippen MR) is 49.6 cm³/mol. The van der Waals surface area contributed by atoms with Crippen molar-refractivity contribution < 1.29 is 8.76 Å². The van der Waals surface area contributed by atoms with Gasteiger partial charge in [0.25, 0.3) is 0 Å². The van der Waals surface area contributed by atoms with Crippen molar-refractivity contribution in [2.75, 3.05) is 0 Å². The van der Waals surface area contributed by atoms with Gasteiger partial charge in [-0.1, -0.05) is 19.1 Å². The lowest BCUT2D eigenvalue weighted by molar-refractivity contribution is 0.563. The Hall–Kier alpha value is -0.670. The van der Waals surface area contributed by atoms with Crippen LogP contribution in [-0.4, -0.2) is 8.76 Å². The Labute approximate surface area is 74.9 Å². The van der Waals surface area contributed by atoms with Crippen molar-refractivity contribution in [3.8, 4) is 0 Å². The molecule has 0 aliphatic heterocycles. The van der Waals surface area contributed by atoms with E-state index in [1.807, 2.05) is 19.1 Å². The highest BCUT2D eigenvalue weighted by molar-refractivity contribution is 7.79. The first-order chi connectivity index (χ1) is 5.65. The fourth-order valence-corrected chi connectivity index (χ4v) is 1.65. The minimum atomic E-state index is -1.85. The van der Waals surface area contributed by atoms with E-state index in [-0.39, 0.29) is 0 Å². The molecule has 0 heterocycles. The van der Waals surface area contributed by atoms with E-state index >= 15 is 0 Å². The van der Waals surface area contributed by atoms with Crippen molar-refractivity contribution in [3.63, 3.8) is 0 Å². The van der Waals surface area contributed by atoms with Crippen LogP contribution >= 0.6 is 0 Å². The first-order valence-electron chi connectivity index (χ1n) is 3.85. The molecule has 0 bridgehead atoms. The van der Waals surface area contributed by atoms with Crippen LogP contribution in [-0.2, 0) is 17.5 Å². The molecule has 66 valence electrons. The fourth-order valence-electron chi connectivity index (χ4n) is 1.13. The molecule has 1 N–H and O–H groups in total. The summed E-state index contributed by atoms with van der Waals surface area (Å²) in [6, 6.07) is 5.55. The quantitative estimate of drug-likeness (QED) is 0.715. The first kappa shape index (κ1) is 9.42. The van der Waals surface area contributed by atoms with E-state index in [1.54, 1.807) is 6.07 Å². The van der Waals surface area contributed by atoms with Gasteiger partial charge in [0.05, 0.1) is 4.90 Å². The number of rotatable bonds is 2. The molecule has 1 aromatic carbocycles. The second-order valence-corrected chi connectivity index (χ2v) is 3.64. The second-order valence-electron chi connectivity index (χ2n) is 2.70. The molecule has 0 radical (unpaired) electrons. The number of hydrogen-bond donors (Lipinski definition) is 1. The van der Waals surface area contributed by atoms with Crippen molar-refractivity contribution in [1.29, 1.82) is 0 Å². The Morgan fingerprint density at radius 3 is 2.58 bits per heavy atom. The molecule has 1 atom stereocenters. The van der Waals surface area contributed by atoms with Gasteiger partial charge in [0.15, 0.2) is 11.1 Å². The lowest BCUT2D eigenvalue weighted by atomic mass is 10.1. The van der Waals surface area contributed by atoms with E-state index in [2.05, 4.69) is 6.92 Å². The minimum absolute atomic E-state index is 0.507. The van der Waals surface area contributed by atoms with Crippen molar-refractivity contribution in [2.45, 2.75) is 25.2 Å². The van der Waals surface area contributed by atoms with E-state index in [9.17, 15) is 4.21 Å². The summed E-state index contributed by atoms with van der Waals surface area (Å²) in [5, 5.41) is 0. The van der Waals surface area contributed by atoms with Crippen molar-refractivity contribution >= 4 is 11.1 Å². The van der Waals surface area contributed by atoms with Crippen molar-refractivity contribution in [2.24, 2.45) is 0 Å². The van der Waals surface area contributed by atoms with Crippen molar-refractivity contribution in [3.05, 3.63) is 29.3 Å². The standard InChI is InChI=1S/C9H12O2S/c1-3-8-4-5-9(12(10)11)7(2)6-8/h4-6H,3H2,1-2H3,(H,10,11). The van der Waals surface area contributed by atoms with Crippen LogP contribution in [0.5, 0.6) is 0 Å². The third kappa shape index (κ3) is 1.93. The summed E-state index contributed by atoms with van der Waals surface area (Å²) in [4.78, 5) is 0.507. The molecule has 0 amide bonds. The van der Waals surface area contributed by atoms with E-state index in [4.69, 9.17) is 4.55 Å². The van der Waals surface area contributed by atoms with Crippen LogP contribution in [0.25, 0.3) is 0 Å². The molecular weight excluding hydrogens is 172 g/mol. The highest BCUT2D eigenvalue weighted by Gasteiger charge is 2.03. The first-order valence-corrected chi connectivity index (χ1v) is 4.96. The zero-order valence-electron chi connectivity index (χ0n) is 7.20. The van der Waals surface area contributed by atoms with Crippen LogP contribution in [0.3, 0.4) is 0 Å². The summed E-state index contributed by atoms with van der Waals surface area (Å²) < 4.78 is 19.6. The van der Waals surface area contributed by atoms with Gasteiger partial charge in [-0.05, 0) is 30.5 Å². The smallest absolute Gasteiger partial charge is 0.186 e. The summed E-state index contributed by atoms with van der Waals surface area (Å²) in [5.41, 5.74) is 2.08. The Balaban J connectivity index is 3.12. The number of aryl methyl sites for hydroxylation is 2. The van der Waals surface area contributed by atoms with E-state index < -0.39 is 11.1 Å². The normalized spacial score (nSPS) is 12.9. The zero-order chi connectivity index (χ0) is 9.14. The summed E-state index contributed by atoms with van der Waals surface area (Å²) in [5.74, 6) is 0. The van der Waals surface area contributed by atoms with E-state index in [0.717, 1.165) is 12.0 Å². The molecule has 0 saturated carbocycles. The Kier molecular flexibility index (Phi) is 3.00. The fraction of sp³-hybridized carbons (Fsp3) is 0.333. The Bertz CT molecular complexity index is 307. The maximum absolute atomic E-state index is 10.7. The van der Waals surface area contributed by atoms with Crippen LogP contribution in [0.1, 0.15) is 18.1 Å². The third-order valence-electron chi connectivity index (χ3n) is 1.84. The highest BCUT2D eigenvalue weighted by atomic mass is 32.2. The Morgan fingerprint density at radius 1 is 1.50 bits per heavy atom. The van der Waals surface area contributed by atoms with Gasteiger partial charge >= 0.3 is 0 Å². The van der Waals surface area contributed by atoms with Crippen LogP contribution in [0.4, 0.5) is 0 Å². The van der Waals surface area contributed by atoms with Gasteiger partial charge in [-0.25, -0.2) is 4.21 Å². The molecule has 0 fully saturated rings. The lowest BCUT2D eigenvalue weighted by Crippen LogP contribution is -1.93. The monoisotopic (exact) mass is 184 g/mol. The largest absolute Gasteiger partial charge is 0.302 e. The van der Waals surface area contributed by atoms with Gasteiger partial charge in [-0.3, -0.25) is 0 Å². The second kappa shape index (κ2) is 3.83. The average Bonchev–Trinajstić information content (AvgIpc) is 2.03. The summed E-state index contributed by atoms with van der Waals surface area (Å²) in [6.07, 6.45) is 0.958. The van der Waals surface area contributed by atoms with Gasteiger partial charge in [-0.15, -0.1) is 0 Å². The molecule has 12 heavy (non-hydrogen) atoms. The molecule has 1 unspecified atom stereocenters. The van der Waals surface area contributed by atoms with Crippen LogP contribution in [0.2, 0.25) is 0 Å². The maximum Gasteiger partial charge on any atom is 0.186 e. The molecule has 0 aliphatic carbocycles. The SMILES string of the molecule is CCc1ccc(S(=O)O)c(C)c1. The maximum atomic E-state index is 10.7.